The van der Waals surface area contributed by atoms with Crippen molar-refractivity contribution in [3.05, 3.63) is 56.0 Å². The zero-order chi connectivity index (χ0) is 20.7. The van der Waals surface area contributed by atoms with Crippen molar-refractivity contribution >= 4 is 56.7 Å². The summed E-state index contributed by atoms with van der Waals surface area (Å²) in [5.41, 5.74) is 2.68. The highest BCUT2D eigenvalue weighted by Gasteiger charge is 2.11. The van der Waals surface area contributed by atoms with E-state index in [-0.39, 0.29) is 18.9 Å². The second-order valence-electron chi connectivity index (χ2n) is 6.08. The van der Waals surface area contributed by atoms with E-state index in [1.807, 2.05) is 19.9 Å². The largest absolute Gasteiger partial charge is 0.492 e. The smallest absolute Gasteiger partial charge is 0.306 e. The molecule has 0 saturated carbocycles. The Labute approximate surface area is 182 Å². The van der Waals surface area contributed by atoms with Crippen LogP contribution in [0.1, 0.15) is 24.0 Å². The summed E-state index contributed by atoms with van der Waals surface area (Å²) < 4.78 is 11.5. The lowest BCUT2D eigenvalue weighted by atomic mass is 10.1. The number of halogens is 3. The molecule has 28 heavy (non-hydrogen) atoms. The van der Waals surface area contributed by atoms with Crippen LogP contribution in [0.5, 0.6) is 5.75 Å². The third-order valence-electron chi connectivity index (χ3n) is 4.04. The maximum Gasteiger partial charge on any atom is 0.306 e. The molecule has 0 aromatic heterocycles. The second kappa shape index (κ2) is 10.7. The van der Waals surface area contributed by atoms with Crippen LogP contribution in [-0.4, -0.2) is 25.1 Å². The normalized spacial score (nSPS) is 10.5. The van der Waals surface area contributed by atoms with E-state index in [4.69, 9.17) is 32.7 Å². The van der Waals surface area contributed by atoms with Crippen LogP contribution in [-0.2, 0) is 14.3 Å². The molecule has 0 fully saturated rings. The molecule has 2 aromatic rings. The van der Waals surface area contributed by atoms with Crippen molar-refractivity contribution in [3.8, 4) is 5.75 Å². The lowest BCUT2D eigenvalue weighted by molar-refractivity contribution is -0.147. The van der Waals surface area contributed by atoms with E-state index in [1.165, 1.54) is 0 Å². The molecule has 0 unspecified atom stereocenters. The summed E-state index contributed by atoms with van der Waals surface area (Å²) in [5.74, 6) is -0.356. The molecule has 8 heteroatoms. The van der Waals surface area contributed by atoms with Crippen molar-refractivity contribution in [2.75, 3.05) is 18.5 Å². The van der Waals surface area contributed by atoms with Crippen molar-refractivity contribution in [2.45, 2.75) is 26.7 Å². The second-order valence-corrected chi connectivity index (χ2v) is 7.78. The van der Waals surface area contributed by atoms with Gasteiger partial charge < -0.3 is 14.8 Å². The summed E-state index contributed by atoms with van der Waals surface area (Å²) in [6.45, 7) is 3.82. The van der Waals surface area contributed by atoms with Gasteiger partial charge in [-0.05, 0) is 61.7 Å². The number of hydrogen-bond acceptors (Lipinski definition) is 4. The van der Waals surface area contributed by atoms with E-state index in [0.29, 0.717) is 34.5 Å². The Bertz CT molecular complexity index is 874. The maximum absolute atomic E-state index is 12.0. The number of carbonyl (C=O) groups is 2. The molecule has 0 aliphatic rings. The predicted octanol–water partition coefficient (Wildman–Crippen LogP) is 5.71. The highest BCUT2D eigenvalue weighted by Crippen LogP contribution is 2.28. The minimum atomic E-state index is -0.468. The Morgan fingerprint density at radius 3 is 2.57 bits per heavy atom. The maximum atomic E-state index is 12.0. The minimum Gasteiger partial charge on any atom is -0.492 e. The van der Waals surface area contributed by atoms with Crippen molar-refractivity contribution in [1.29, 1.82) is 0 Å². The molecule has 0 aliphatic carbocycles. The van der Waals surface area contributed by atoms with Gasteiger partial charge in [-0.15, -0.1) is 0 Å². The van der Waals surface area contributed by atoms with Crippen molar-refractivity contribution in [2.24, 2.45) is 0 Å². The highest BCUT2D eigenvalue weighted by molar-refractivity contribution is 9.10. The molecular weight excluding hydrogens is 469 g/mol. The number of benzene rings is 2. The van der Waals surface area contributed by atoms with Gasteiger partial charge in [-0.2, -0.15) is 0 Å². The molecule has 1 amide bonds. The Morgan fingerprint density at radius 1 is 1.11 bits per heavy atom. The Hall–Kier alpha value is -1.76. The third-order valence-corrected chi connectivity index (χ3v) is 5.43. The van der Waals surface area contributed by atoms with Crippen LogP contribution in [0.2, 0.25) is 10.0 Å². The molecule has 1 N–H and O–H groups in total. The van der Waals surface area contributed by atoms with Gasteiger partial charge in [0.2, 0.25) is 0 Å². The molecule has 0 atom stereocenters. The van der Waals surface area contributed by atoms with Crippen LogP contribution in [0.3, 0.4) is 0 Å². The number of ether oxygens (including phenoxy) is 2. The van der Waals surface area contributed by atoms with Gasteiger partial charge in [0, 0.05) is 21.6 Å². The number of hydrogen-bond donors (Lipinski definition) is 1. The van der Waals surface area contributed by atoms with Gasteiger partial charge in [-0.1, -0.05) is 39.1 Å². The molecule has 0 heterocycles. The van der Waals surface area contributed by atoms with Crippen LogP contribution >= 0.6 is 39.1 Å². The number of carbonyl (C=O) groups excluding carboxylic acids is 2. The topological polar surface area (TPSA) is 64.6 Å². The zero-order valence-corrected chi connectivity index (χ0v) is 18.6. The fraction of sp³-hybridized carbons (Fsp3) is 0.300. The number of nitrogens with one attached hydrogen (secondary N) is 1. The molecule has 0 spiro atoms. The first-order valence-corrected chi connectivity index (χ1v) is 10.1. The van der Waals surface area contributed by atoms with E-state index in [2.05, 4.69) is 21.2 Å². The lowest BCUT2D eigenvalue weighted by Crippen LogP contribution is -2.21. The SMILES string of the molecule is Cc1c(Br)ccc(NC(=O)COC(=O)CCCOc2ccc(Cl)cc2Cl)c1C. The van der Waals surface area contributed by atoms with E-state index in [9.17, 15) is 9.59 Å². The zero-order valence-electron chi connectivity index (χ0n) is 15.5. The van der Waals surface area contributed by atoms with Gasteiger partial charge in [0.05, 0.1) is 11.6 Å². The van der Waals surface area contributed by atoms with Crippen molar-refractivity contribution < 1.29 is 19.1 Å². The Balaban J connectivity index is 1.69. The summed E-state index contributed by atoms with van der Waals surface area (Å²) in [4.78, 5) is 23.8. The molecule has 0 radical (unpaired) electrons. The van der Waals surface area contributed by atoms with Gasteiger partial charge in [0.25, 0.3) is 5.91 Å². The molecule has 2 rings (SSSR count). The van der Waals surface area contributed by atoms with Crippen LogP contribution < -0.4 is 10.1 Å². The van der Waals surface area contributed by atoms with Crippen LogP contribution in [0.25, 0.3) is 0 Å². The predicted molar refractivity (Wildman–Crippen MR) is 114 cm³/mol. The average molecular weight is 489 g/mol. The number of anilines is 1. The Morgan fingerprint density at radius 2 is 1.86 bits per heavy atom. The molecule has 0 aliphatic heterocycles. The summed E-state index contributed by atoms with van der Waals surface area (Å²) in [6.07, 6.45) is 0.569. The van der Waals surface area contributed by atoms with Crippen molar-refractivity contribution in [3.63, 3.8) is 0 Å². The highest BCUT2D eigenvalue weighted by atomic mass is 79.9. The molecule has 0 saturated heterocycles. The van der Waals surface area contributed by atoms with Gasteiger partial charge >= 0.3 is 5.97 Å². The molecule has 5 nitrogen and oxygen atoms in total. The molecule has 0 bridgehead atoms. The standard InChI is InChI=1S/C20H20BrCl2NO4/c1-12-13(2)17(7-6-15(12)21)24-19(25)11-28-20(26)4-3-9-27-18-8-5-14(22)10-16(18)23/h5-8,10H,3-4,9,11H2,1-2H3,(H,24,25). The first-order valence-electron chi connectivity index (χ1n) is 8.57. The van der Waals surface area contributed by atoms with E-state index < -0.39 is 5.97 Å². The lowest BCUT2D eigenvalue weighted by Gasteiger charge is -2.12. The monoisotopic (exact) mass is 487 g/mol. The fourth-order valence-corrected chi connectivity index (χ4v) is 3.21. The van der Waals surface area contributed by atoms with Crippen LogP contribution in [0, 0.1) is 13.8 Å². The molecule has 150 valence electrons. The van der Waals surface area contributed by atoms with Gasteiger partial charge in [0.15, 0.2) is 6.61 Å². The fourth-order valence-electron chi connectivity index (χ4n) is 2.32. The van der Waals surface area contributed by atoms with Gasteiger partial charge in [0.1, 0.15) is 5.75 Å². The number of rotatable bonds is 8. The molecular formula is C20H20BrCl2NO4. The first kappa shape index (κ1) is 22.5. The summed E-state index contributed by atoms with van der Waals surface area (Å²) in [5, 5.41) is 3.67. The van der Waals surface area contributed by atoms with E-state index in [1.54, 1.807) is 24.3 Å². The third kappa shape index (κ3) is 6.69. The minimum absolute atomic E-state index is 0.134. The van der Waals surface area contributed by atoms with E-state index >= 15 is 0 Å². The summed E-state index contributed by atoms with van der Waals surface area (Å²) >= 11 is 15.3. The van der Waals surface area contributed by atoms with Gasteiger partial charge in [-0.25, -0.2) is 0 Å². The van der Waals surface area contributed by atoms with Crippen molar-refractivity contribution in [1.82, 2.24) is 0 Å². The van der Waals surface area contributed by atoms with Crippen LogP contribution in [0.15, 0.2) is 34.8 Å². The quantitative estimate of drug-likeness (QED) is 0.381. The number of amides is 1. The summed E-state index contributed by atoms with van der Waals surface area (Å²) in [6, 6.07) is 8.58. The number of esters is 1. The average Bonchev–Trinajstić information content (AvgIpc) is 2.65. The summed E-state index contributed by atoms with van der Waals surface area (Å²) in [7, 11) is 0. The first-order chi connectivity index (χ1) is 13.3. The van der Waals surface area contributed by atoms with Gasteiger partial charge in [-0.3, -0.25) is 9.59 Å². The molecule has 2 aromatic carbocycles. The van der Waals surface area contributed by atoms with E-state index in [0.717, 1.165) is 15.6 Å². The Kier molecular flexibility index (Phi) is 8.60. The van der Waals surface area contributed by atoms with Crippen LogP contribution in [0.4, 0.5) is 5.69 Å².